The predicted octanol–water partition coefficient (Wildman–Crippen LogP) is 5.70. The Bertz CT molecular complexity index is 1490. The van der Waals surface area contributed by atoms with Gasteiger partial charge in [-0.15, -0.1) is 0 Å². The molecular weight excluding hydrogens is 615 g/mol. The highest BCUT2D eigenvalue weighted by atomic mass is 127. The fourth-order valence-corrected chi connectivity index (χ4v) is 4.36. The molecule has 0 saturated carbocycles. The summed E-state index contributed by atoms with van der Waals surface area (Å²) in [5.74, 6) is 1.22. The number of ether oxygens (including phenoxy) is 1. The molecule has 4 rings (SSSR count). The van der Waals surface area contributed by atoms with E-state index in [-0.39, 0.29) is 17.9 Å². The molecule has 1 aromatic heterocycles. The fraction of sp³-hybridized carbons (Fsp3) is 0.125. The number of nitro benzene ring substituents is 1. The maximum atomic E-state index is 13.0. The van der Waals surface area contributed by atoms with Gasteiger partial charge < -0.3 is 4.74 Å². The van der Waals surface area contributed by atoms with Crippen LogP contribution in [0, 0.1) is 13.7 Å². The van der Waals surface area contributed by atoms with E-state index in [1.54, 1.807) is 30.5 Å². The Kier molecular flexibility index (Phi) is 7.37. The van der Waals surface area contributed by atoms with E-state index in [0.717, 1.165) is 13.6 Å². The number of nitrogens with zero attached hydrogens (tertiary/aromatic N) is 4. The molecule has 1 heterocycles. The van der Waals surface area contributed by atoms with Gasteiger partial charge in [-0.3, -0.25) is 14.9 Å². The van der Waals surface area contributed by atoms with Gasteiger partial charge in [0.2, 0.25) is 0 Å². The topological polar surface area (TPSA) is 99.6 Å². The molecule has 0 spiro atoms. The normalized spacial score (nSPS) is 11.3. The Balaban J connectivity index is 1.56. The molecule has 172 valence electrons. The Labute approximate surface area is 216 Å². The average Bonchev–Trinajstić information content (AvgIpc) is 2.83. The van der Waals surface area contributed by atoms with E-state index >= 15 is 0 Å². The molecule has 0 aliphatic heterocycles. The van der Waals surface area contributed by atoms with Crippen molar-refractivity contribution in [1.29, 1.82) is 0 Å². The highest BCUT2D eigenvalue weighted by molar-refractivity contribution is 14.1. The summed E-state index contributed by atoms with van der Waals surface area (Å²) in [5.41, 5.74) is 1.93. The smallest absolute Gasteiger partial charge is 0.282 e. The van der Waals surface area contributed by atoms with E-state index < -0.39 is 4.92 Å². The first-order valence-electron chi connectivity index (χ1n) is 10.3. The summed E-state index contributed by atoms with van der Waals surface area (Å²) in [7, 11) is 0. The zero-order chi connectivity index (χ0) is 24.2. The highest BCUT2D eigenvalue weighted by Crippen LogP contribution is 2.23. The van der Waals surface area contributed by atoms with Crippen molar-refractivity contribution in [2.75, 3.05) is 0 Å². The third kappa shape index (κ3) is 5.33. The molecule has 4 aromatic rings. The number of hydrogen-bond acceptors (Lipinski definition) is 6. The van der Waals surface area contributed by atoms with Crippen molar-refractivity contribution in [2.24, 2.45) is 5.10 Å². The van der Waals surface area contributed by atoms with Gasteiger partial charge in [-0.1, -0.05) is 35.0 Å². The van der Waals surface area contributed by atoms with Gasteiger partial charge in [0.1, 0.15) is 18.2 Å². The van der Waals surface area contributed by atoms with E-state index in [4.69, 9.17) is 4.74 Å². The van der Waals surface area contributed by atoms with Gasteiger partial charge in [0, 0.05) is 23.0 Å². The summed E-state index contributed by atoms with van der Waals surface area (Å²) in [6.45, 7) is 2.13. The molecule has 3 aromatic carbocycles. The summed E-state index contributed by atoms with van der Waals surface area (Å²) in [6.07, 6.45) is 2.17. The lowest BCUT2D eigenvalue weighted by atomic mass is 10.2. The minimum atomic E-state index is -0.430. The molecule has 0 atom stereocenters. The molecule has 0 bridgehead atoms. The van der Waals surface area contributed by atoms with Gasteiger partial charge in [-0.2, -0.15) is 9.78 Å². The molecule has 0 fully saturated rings. The van der Waals surface area contributed by atoms with Gasteiger partial charge >= 0.3 is 0 Å². The third-order valence-corrected chi connectivity index (χ3v) is 6.32. The number of benzene rings is 3. The van der Waals surface area contributed by atoms with Crippen molar-refractivity contribution in [3.8, 4) is 5.75 Å². The predicted molar refractivity (Wildman–Crippen MR) is 143 cm³/mol. The number of rotatable bonds is 7. The van der Waals surface area contributed by atoms with Crippen LogP contribution in [0.4, 0.5) is 5.69 Å². The minimum absolute atomic E-state index is 0.0274. The van der Waals surface area contributed by atoms with E-state index in [0.29, 0.717) is 34.5 Å². The van der Waals surface area contributed by atoms with E-state index in [1.807, 2.05) is 31.2 Å². The van der Waals surface area contributed by atoms with Crippen LogP contribution in [0.2, 0.25) is 0 Å². The van der Waals surface area contributed by atoms with Crippen LogP contribution in [-0.2, 0) is 13.0 Å². The molecular formula is C24H18BrIN4O4. The molecule has 0 N–H and O–H groups in total. The summed E-state index contributed by atoms with van der Waals surface area (Å²) in [6, 6.07) is 17.3. The van der Waals surface area contributed by atoms with Crippen LogP contribution < -0.4 is 10.3 Å². The lowest BCUT2D eigenvalue weighted by Crippen LogP contribution is -2.22. The van der Waals surface area contributed by atoms with Crippen LogP contribution in [0.1, 0.15) is 23.9 Å². The standard InChI is InChI=1S/C24H18BrIN4O4/c1-2-23-28-21-8-7-17(25)12-19(21)24(31)29(23)27-13-15-6-9-22(20(26)11-15)34-14-16-4-3-5-18(10-16)30(32)33/h3-13H,2,14H2,1H3. The van der Waals surface area contributed by atoms with E-state index in [2.05, 4.69) is 48.6 Å². The SMILES string of the molecule is CCc1nc2ccc(Br)cc2c(=O)n1N=Cc1ccc(OCc2cccc([N+](=O)[O-])c2)c(I)c1. The van der Waals surface area contributed by atoms with Crippen molar-refractivity contribution < 1.29 is 9.66 Å². The van der Waals surface area contributed by atoms with Gasteiger partial charge in [-0.25, -0.2) is 4.98 Å². The lowest BCUT2D eigenvalue weighted by Gasteiger charge is -2.09. The van der Waals surface area contributed by atoms with Crippen molar-refractivity contribution in [1.82, 2.24) is 9.66 Å². The molecule has 8 nitrogen and oxygen atoms in total. The minimum Gasteiger partial charge on any atom is -0.488 e. The largest absolute Gasteiger partial charge is 0.488 e. The summed E-state index contributed by atoms with van der Waals surface area (Å²) >= 11 is 5.55. The quantitative estimate of drug-likeness (QED) is 0.113. The maximum absolute atomic E-state index is 13.0. The fourth-order valence-electron chi connectivity index (χ4n) is 3.30. The van der Waals surface area contributed by atoms with Crippen molar-refractivity contribution in [3.05, 3.63) is 106 Å². The van der Waals surface area contributed by atoms with Gasteiger partial charge in [-0.05, 0) is 70.1 Å². The van der Waals surface area contributed by atoms with Crippen LogP contribution >= 0.6 is 38.5 Å². The van der Waals surface area contributed by atoms with Crippen molar-refractivity contribution in [2.45, 2.75) is 20.0 Å². The van der Waals surface area contributed by atoms with Crippen LogP contribution in [0.5, 0.6) is 5.75 Å². The second kappa shape index (κ2) is 10.4. The first-order valence-corrected chi connectivity index (χ1v) is 12.1. The number of non-ortho nitro benzene ring substituents is 1. The Morgan fingerprint density at radius 1 is 1.21 bits per heavy atom. The van der Waals surface area contributed by atoms with E-state index in [1.165, 1.54) is 16.8 Å². The molecule has 0 saturated heterocycles. The summed E-state index contributed by atoms with van der Waals surface area (Å²) < 4.78 is 8.82. The molecule has 0 aliphatic carbocycles. The molecule has 0 unspecified atom stereocenters. The number of hydrogen-bond donors (Lipinski definition) is 0. The third-order valence-electron chi connectivity index (χ3n) is 4.99. The van der Waals surface area contributed by atoms with Crippen molar-refractivity contribution >= 4 is 61.3 Å². The average molecular weight is 633 g/mol. The zero-order valence-electron chi connectivity index (χ0n) is 17.9. The number of fused-ring (bicyclic) bond motifs is 1. The summed E-state index contributed by atoms with van der Waals surface area (Å²) in [4.78, 5) is 28.1. The first-order chi connectivity index (χ1) is 16.4. The molecule has 34 heavy (non-hydrogen) atoms. The van der Waals surface area contributed by atoms with Gasteiger partial charge in [0.25, 0.3) is 11.2 Å². The number of halogens is 2. The molecule has 10 heteroatoms. The lowest BCUT2D eigenvalue weighted by molar-refractivity contribution is -0.384. The van der Waals surface area contributed by atoms with Gasteiger partial charge in [0.15, 0.2) is 0 Å². The Morgan fingerprint density at radius 3 is 2.76 bits per heavy atom. The highest BCUT2D eigenvalue weighted by Gasteiger charge is 2.10. The Morgan fingerprint density at radius 2 is 2.03 bits per heavy atom. The molecule has 0 aliphatic rings. The second-order valence-electron chi connectivity index (χ2n) is 7.31. The van der Waals surface area contributed by atoms with Crippen LogP contribution in [-0.4, -0.2) is 20.8 Å². The molecule has 0 amide bonds. The van der Waals surface area contributed by atoms with Crippen LogP contribution in [0.25, 0.3) is 10.9 Å². The Hall–Kier alpha value is -3.12. The number of aromatic nitrogens is 2. The van der Waals surface area contributed by atoms with Crippen LogP contribution in [0.3, 0.4) is 0 Å². The van der Waals surface area contributed by atoms with Crippen LogP contribution in [0.15, 0.2) is 75.0 Å². The van der Waals surface area contributed by atoms with Gasteiger partial charge in [0.05, 0.1) is 25.6 Å². The number of nitro groups is 1. The monoisotopic (exact) mass is 632 g/mol. The maximum Gasteiger partial charge on any atom is 0.282 e. The van der Waals surface area contributed by atoms with E-state index in [9.17, 15) is 14.9 Å². The first kappa shape index (κ1) is 24.0. The second-order valence-corrected chi connectivity index (χ2v) is 9.39. The molecule has 0 radical (unpaired) electrons. The zero-order valence-corrected chi connectivity index (χ0v) is 21.7. The van der Waals surface area contributed by atoms with Crippen molar-refractivity contribution in [3.63, 3.8) is 0 Å². The number of aryl methyl sites for hydroxylation is 1. The summed E-state index contributed by atoms with van der Waals surface area (Å²) in [5, 5.41) is 15.8.